The fourth-order valence-electron chi connectivity index (χ4n) is 0.929. The highest BCUT2D eigenvalue weighted by Gasteiger charge is 2.01. The van der Waals surface area contributed by atoms with Gasteiger partial charge in [-0.15, -0.1) is 11.6 Å². The van der Waals surface area contributed by atoms with E-state index in [2.05, 4.69) is 34.7 Å². The summed E-state index contributed by atoms with van der Waals surface area (Å²) in [7, 11) is 1.58. The molecule has 0 aromatic heterocycles. The normalized spacial score (nSPS) is 12.3. The number of amidine groups is 2. The molecule has 5 nitrogen and oxygen atoms in total. The van der Waals surface area contributed by atoms with Gasteiger partial charge in [0.2, 0.25) is 0 Å². The lowest BCUT2D eigenvalue weighted by atomic mass is 10.3. The summed E-state index contributed by atoms with van der Waals surface area (Å²) in [6, 6.07) is 0.383. The highest BCUT2D eigenvalue weighted by atomic mass is 16.5. The molecule has 0 atom stereocenters. The van der Waals surface area contributed by atoms with Gasteiger partial charge in [0.1, 0.15) is 13.2 Å². The standard InChI is InChI=1S/C14H21N3O2/c1-5-8-9-10-16-14(19-12-7-3)17-13(15-4)18-11-6-2/h5-7,10H,1-3,8-9,11-12H2,4H3. The van der Waals surface area contributed by atoms with E-state index in [-0.39, 0.29) is 12.0 Å². The molecule has 104 valence electrons. The van der Waals surface area contributed by atoms with Gasteiger partial charge in [0.25, 0.3) is 0 Å². The van der Waals surface area contributed by atoms with Crippen LogP contribution in [0, 0.1) is 0 Å². The number of nitrogens with zero attached hydrogens (tertiary/aromatic N) is 3. The Balaban J connectivity index is 4.67. The summed E-state index contributed by atoms with van der Waals surface area (Å²) in [5.74, 6) is 0. The van der Waals surface area contributed by atoms with Gasteiger partial charge in [0.05, 0.1) is 0 Å². The molecule has 0 heterocycles. The van der Waals surface area contributed by atoms with E-state index in [0.717, 1.165) is 12.8 Å². The van der Waals surface area contributed by atoms with Crippen LogP contribution in [0.2, 0.25) is 0 Å². The predicted octanol–water partition coefficient (Wildman–Crippen LogP) is 2.77. The summed E-state index contributed by atoms with van der Waals surface area (Å²) in [4.78, 5) is 12.1. The van der Waals surface area contributed by atoms with Crippen LogP contribution in [0.3, 0.4) is 0 Å². The lowest BCUT2D eigenvalue weighted by Gasteiger charge is -2.04. The van der Waals surface area contributed by atoms with E-state index in [1.165, 1.54) is 0 Å². The molecule has 0 unspecified atom stereocenters. The topological polar surface area (TPSA) is 55.5 Å². The number of allylic oxidation sites excluding steroid dienone is 1. The van der Waals surface area contributed by atoms with Crippen molar-refractivity contribution in [1.29, 1.82) is 0 Å². The van der Waals surface area contributed by atoms with E-state index >= 15 is 0 Å². The first-order valence-electron chi connectivity index (χ1n) is 5.94. The first-order chi connectivity index (χ1) is 9.28. The molecule has 0 aliphatic carbocycles. The lowest BCUT2D eigenvalue weighted by Crippen LogP contribution is -2.09. The van der Waals surface area contributed by atoms with E-state index in [1.54, 1.807) is 25.4 Å². The van der Waals surface area contributed by atoms with Gasteiger partial charge >= 0.3 is 12.0 Å². The summed E-state index contributed by atoms with van der Waals surface area (Å²) in [5.41, 5.74) is 0. The Labute approximate surface area is 114 Å². The molecule has 0 radical (unpaired) electrons. The Kier molecular flexibility index (Phi) is 10.9. The zero-order valence-electron chi connectivity index (χ0n) is 11.4. The molecule has 0 fully saturated rings. The Morgan fingerprint density at radius 2 is 1.58 bits per heavy atom. The molecular formula is C14H21N3O2. The zero-order valence-corrected chi connectivity index (χ0v) is 11.4. The summed E-state index contributed by atoms with van der Waals surface area (Å²) in [5, 5.41) is 0. The maximum atomic E-state index is 5.31. The van der Waals surface area contributed by atoms with Crippen molar-refractivity contribution in [3.63, 3.8) is 0 Å². The number of hydrogen-bond acceptors (Lipinski definition) is 3. The lowest BCUT2D eigenvalue weighted by molar-refractivity contribution is 0.329. The van der Waals surface area contributed by atoms with E-state index < -0.39 is 0 Å². The average molecular weight is 263 g/mol. The Bertz CT molecular complexity index is 371. The summed E-state index contributed by atoms with van der Waals surface area (Å²) < 4.78 is 10.5. The minimum Gasteiger partial charge on any atom is -0.459 e. The molecule has 0 aromatic rings. The molecule has 5 heteroatoms. The van der Waals surface area contributed by atoms with Crippen LogP contribution in [0.4, 0.5) is 0 Å². The van der Waals surface area contributed by atoms with Crippen molar-refractivity contribution in [2.24, 2.45) is 15.0 Å². The van der Waals surface area contributed by atoms with Crippen molar-refractivity contribution in [3.05, 3.63) is 38.0 Å². The fourth-order valence-corrected chi connectivity index (χ4v) is 0.929. The Morgan fingerprint density at radius 1 is 0.947 bits per heavy atom. The number of rotatable bonds is 7. The second-order valence-electron chi connectivity index (χ2n) is 3.28. The third kappa shape index (κ3) is 9.52. The number of hydrogen-bond donors (Lipinski definition) is 0. The first kappa shape index (κ1) is 16.8. The monoisotopic (exact) mass is 263 g/mol. The molecule has 0 aliphatic heterocycles. The van der Waals surface area contributed by atoms with Crippen molar-refractivity contribution in [3.8, 4) is 0 Å². The van der Waals surface area contributed by atoms with Crippen molar-refractivity contribution < 1.29 is 9.47 Å². The van der Waals surface area contributed by atoms with E-state index in [4.69, 9.17) is 9.47 Å². The third-order valence-electron chi connectivity index (χ3n) is 1.74. The quantitative estimate of drug-likeness (QED) is 0.307. The van der Waals surface area contributed by atoms with Gasteiger partial charge in [-0.05, 0) is 12.8 Å². The van der Waals surface area contributed by atoms with Gasteiger partial charge in [0.15, 0.2) is 0 Å². The number of unbranched alkanes of at least 4 members (excludes halogenated alkanes) is 1. The second-order valence-corrected chi connectivity index (χ2v) is 3.28. The van der Waals surface area contributed by atoms with Crippen LogP contribution >= 0.6 is 0 Å². The first-order valence-corrected chi connectivity index (χ1v) is 5.94. The smallest absolute Gasteiger partial charge is 0.321 e. The molecule has 0 bridgehead atoms. The zero-order chi connectivity index (χ0) is 14.3. The summed E-state index contributed by atoms with van der Waals surface area (Å²) in [6.45, 7) is 11.4. The van der Waals surface area contributed by atoms with Gasteiger partial charge in [0, 0.05) is 13.3 Å². The van der Waals surface area contributed by atoms with E-state index in [9.17, 15) is 0 Å². The number of ether oxygens (including phenoxy) is 2. The largest absolute Gasteiger partial charge is 0.459 e. The molecule has 0 spiro atoms. The SMILES string of the molecule is C=CCCC=NC(=NC(=NC)OCC=C)OCC=C. The highest BCUT2D eigenvalue weighted by molar-refractivity contribution is 5.92. The molecular weight excluding hydrogens is 242 g/mol. The second kappa shape index (κ2) is 12.3. The third-order valence-corrected chi connectivity index (χ3v) is 1.74. The van der Waals surface area contributed by atoms with Gasteiger partial charge < -0.3 is 9.47 Å². The predicted molar refractivity (Wildman–Crippen MR) is 81.0 cm³/mol. The maximum absolute atomic E-state index is 5.31. The van der Waals surface area contributed by atoms with E-state index in [0.29, 0.717) is 13.2 Å². The van der Waals surface area contributed by atoms with Crippen LogP contribution in [0.5, 0.6) is 0 Å². The highest BCUT2D eigenvalue weighted by Crippen LogP contribution is 1.93. The van der Waals surface area contributed by atoms with E-state index in [1.807, 2.05) is 6.08 Å². The average Bonchev–Trinajstić information content (AvgIpc) is 2.44. The van der Waals surface area contributed by atoms with Crippen molar-refractivity contribution in [2.45, 2.75) is 12.8 Å². The van der Waals surface area contributed by atoms with Crippen molar-refractivity contribution in [1.82, 2.24) is 0 Å². The van der Waals surface area contributed by atoms with Crippen LogP contribution in [-0.2, 0) is 9.47 Å². The minimum atomic E-state index is 0.189. The van der Waals surface area contributed by atoms with Crippen molar-refractivity contribution in [2.75, 3.05) is 20.3 Å². The molecule has 0 amide bonds. The minimum absolute atomic E-state index is 0.189. The van der Waals surface area contributed by atoms with Crippen LogP contribution in [-0.4, -0.2) is 38.5 Å². The Morgan fingerprint density at radius 3 is 2.11 bits per heavy atom. The van der Waals surface area contributed by atoms with Gasteiger partial charge in [-0.25, -0.2) is 9.98 Å². The van der Waals surface area contributed by atoms with Crippen LogP contribution < -0.4 is 0 Å². The molecule has 0 N–H and O–H groups in total. The molecule has 0 aromatic carbocycles. The van der Waals surface area contributed by atoms with Gasteiger partial charge in [-0.1, -0.05) is 31.4 Å². The van der Waals surface area contributed by atoms with Crippen LogP contribution in [0.25, 0.3) is 0 Å². The maximum Gasteiger partial charge on any atom is 0.321 e. The molecule has 0 saturated carbocycles. The van der Waals surface area contributed by atoms with Crippen LogP contribution in [0.1, 0.15) is 12.8 Å². The van der Waals surface area contributed by atoms with Gasteiger partial charge in [-0.3, -0.25) is 0 Å². The summed E-state index contributed by atoms with van der Waals surface area (Å²) >= 11 is 0. The molecule has 19 heavy (non-hydrogen) atoms. The summed E-state index contributed by atoms with van der Waals surface area (Å²) in [6.07, 6.45) is 8.37. The van der Waals surface area contributed by atoms with Crippen molar-refractivity contribution >= 4 is 18.3 Å². The molecule has 0 saturated heterocycles. The number of aliphatic imine (C=N–C) groups is 3. The molecule has 0 rings (SSSR count). The van der Waals surface area contributed by atoms with Crippen LogP contribution in [0.15, 0.2) is 52.9 Å². The van der Waals surface area contributed by atoms with Gasteiger partial charge in [-0.2, -0.15) is 0 Å². The molecule has 0 aliphatic rings. The fraction of sp³-hybridized carbons (Fsp3) is 0.357. The Hall–Kier alpha value is -2.17.